The van der Waals surface area contributed by atoms with Crippen LogP contribution < -0.4 is 5.32 Å². The molecular formula is C16H23NO3. The summed E-state index contributed by atoms with van der Waals surface area (Å²) in [6.07, 6.45) is 1.79. The van der Waals surface area contributed by atoms with Gasteiger partial charge in [0, 0.05) is 11.6 Å². The highest BCUT2D eigenvalue weighted by molar-refractivity contribution is 5.92. The molecule has 1 amide bonds. The summed E-state index contributed by atoms with van der Waals surface area (Å²) in [6, 6.07) is 7.01. The zero-order chi connectivity index (χ0) is 15.1. The number of carbonyl (C=O) groups excluding carboxylic acids is 1. The summed E-state index contributed by atoms with van der Waals surface area (Å²) in [5.74, 6) is -0.589. The number of carboxylic acids is 1. The molecule has 4 heteroatoms. The number of anilines is 1. The van der Waals surface area contributed by atoms with E-state index in [4.69, 9.17) is 5.11 Å². The summed E-state index contributed by atoms with van der Waals surface area (Å²) in [5.41, 5.74) is 1.35. The van der Waals surface area contributed by atoms with E-state index in [0.717, 1.165) is 12.8 Å². The highest BCUT2D eigenvalue weighted by Gasteiger charge is 2.21. The Kier molecular flexibility index (Phi) is 6.22. The predicted octanol–water partition coefficient (Wildman–Crippen LogP) is 3.32. The molecule has 20 heavy (non-hydrogen) atoms. The Balaban J connectivity index is 2.76. The standard InChI is InChI=1S/C16H23NO3/c1-4-6-14(11(2)3)16(20)17-13-8-5-7-12(9-13)10-15(18)19/h5,7-9,11,14H,4,6,10H2,1-3H3,(H,17,20)(H,18,19). The first-order chi connectivity index (χ1) is 9.43. The van der Waals surface area contributed by atoms with Crippen LogP contribution in [0.1, 0.15) is 39.2 Å². The number of carbonyl (C=O) groups is 2. The van der Waals surface area contributed by atoms with E-state index in [9.17, 15) is 9.59 Å². The fourth-order valence-corrected chi connectivity index (χ4v) is 2.25. The Morgan fingerprint density at radius 3 is 2.55 bits per heavy atom. The molecule has 0 radical (unpaired) electrons. The minimum absolute atomic E-state index is 0.00863. The van der Waals surface area contributed by atoms with Gasteiger partial charge in [-0.3, -0.25) is 9.59 Å². The second-order valence-electron chi connectivity index (χ2n) is 5.40. The highest BCUT2D eigenvalue weighted by atomic mass is 16.4. The molecule has 0 aliphatic rings. The molecule has 0 bridgehead atoms. The normalized spacial score (nSPS) is 12.2. The van der Waals surface area contributed by atoms with Gasteiger partial charge in [0.2, 0.25) is 5.91 Å². The van der Waals surface area contributed by atoms with E-state index in [2.05, 4.69) is 12.2 Å². The van der Waals surface area contributed by atoms with Crippen LogP contribution in [0.2, 0.25) is 0 Å². The van der Waals surface area contributed by atoms with Crippen molar-refractivity contribution < 1.29 is 14.7 Å². The monoisotopic (exact) mass is 277 g/mol. The first-order valence-corrected chi connectivity index (χ1v) is 7.05. The molecule has 0 aliphatic heterocycles. The maximum Gasteiger partial charge on any atom is 0.307 e. The molecule has 0 aliphatic carbocycles. The van der Waals surface area contributed by atoms with Crippen molar-refractivity contribution in [1.29, 1.82) is 0 Å². The molecular weight excluding hydrogens is 254 g/mol. The molecule has 0 saturated carbocycles. The van der Waals surface area contributed by atoms with Crippen LogP contribution in [0, 0.1) is 11.8 Å². The van der Waals surface area contributed by atoms with E-state index in [1.165, 1.54) is 0 Å². The molecule has 1 unspecified atom stereocenters. The predicted molar refractivity (Wildman–Crippen MR) is 79.6 cm³/mol. The number of hydrogen-bond acceptors (Lipinski definition) is 2. The van der Waals surface area contributed by atoms with Gasteiger partial charge in [-0.05, 0) is 30.0 Å². The Bertz CT molecular complexity index is 469. The van der Waals surface area contributed by atoms with Gasteiger partial charge < -0.3 is 10.4 Å². The topological polar surface area (TPSA) is 66.4 Å². The van der Waals surface area contributed by atoms with Gasteiger partial charge in [-0.2, -0.15) is 0 Å². The molecule has 0 heterocycles. The lowest BCUT2D eigenvalue weighted by Crippen LogP contribution is -2.26. The smallest absolute Gasteiger partial charge is 0.307 e. The van der Waals surface area contributed by atoms with Crippen LogP contribution in [0.5, 0.6) is 0 Å². The van der Waals surface area contributed by atoms with Gasteiger partial charge in [0.25, 0.3) is 0 Å². The number of aliphatic carboxylic acids is 1. The summed E-state index contributed by atoms with van der Waals surface area (Å²) >= 11 is 0. The second kappa shape index (κ2) is 7.68. The van der Waals surface area contributed by atoms with Crippen molar-refractivity contribution in [3.8, 4) is 0 Å². The zero-order valence-corrected chi connectivity index (χ0v) is 12.3. The average molecular weight is 277 g/mol. The van der Waals surface area contributed by atoms with Crippen LogP contribution in [-0.2, 0) is 16.0 Å². The number of nitrogens with one attached hydrogen (secondary N) is 1. The number of amides is 1. The first kappa shape index (κ1) is 16.2. The molecule has 1 atom stereocenters. The van der Waals surface area contributed by atoms with Crippen LogP contribution in [0.25, 0.3) is 0 Å². The van der Waals surface area contributed by atoms with Gasteiger partial charge in [-0.25, -0.2) is 0 Å². The van der Waals surface area contributed by atoms with Gasteiger partial charge in [0.05, 0.1) is 6.42 Å². The quantitative estimate of drug-likeness (QED) is 0.803. The fraction of sp³-hybridized carbons (Fsp3) is 0.500. The molecule has 0 fully saturated rings. The Morgan fingerprint density at radius 1 is 1.30 bits per heavy atom. The van der Waals surface area contributed by atoms with Gasteiger partial charge in [0.15, 0.2) is 0 Å². The van der Waals surface area contributed by atoms with E-state index in [-0.39, 0.29) is 24.2 Å². The van der Waals surface area contributed by atoms with E-state index in [1.54, 1.807) is 24.3 Å². The largest absolute Gasteiger partial charge is 0.481 e. The Morgan fingerprint density at radius 2 is 2.00 bits per heavy atom. The molecule has 1 aromatic carbocycles. The minimum Gasteiger partial charge on any atom is -0.481 e. The third kappa shape index (κ3) is 5.03. The fourth-order valence-electron chi connectivity index (χ4n) is 2.25. The average Bonchev–Trinajstić information content (AvgIpc) is 2.34. The van der Waals surface area contributed by atoms with Crippen molar-refractivity contribution in [1.82, 2.24) is 0 Å². The zero-order valence-electron chi connectivity index (χ0n) is 12.3. The minimum atomic E-state index is -0.875. The van der Waals surface area contributed by atoms with Crippen molar-refractivity contribution in [3.63, 3.8) is 0 Å². The Hall–Kier alpha value is -1.84. The van der Waals surface area contributed by atoms with Crippen LogP contribution in [0.3, 0.4) is 0 Å². The number of rotatable bonds is 7. The molecule has 4 nitrogen and oxygen atoms in total. The molecule has 1 aromatic rings. The molecule has 2 N–H and O–H groups in total. The second-order valence-corrected chi connectivity index (χ2v) is 5.40. The summed E-state index contributed by atoms with van der Waals surface area (Å²) in [4.78, 5) is 22.9. The van der Waals surface area contributed by atoms with E-state index in [0.29, 0.717) is 11.3 Å². The van der Waals surface area contributed by atoms with E-state index >= 15 is 0 Å². The maximum atomic E-state index is 12.3. The van der Waals surface area contributed by atoms with Gasteiger partial charge in [-0.1, -0.05) is 39.3 Å². The summed E-state index contributed by atoms with van der Waals surface area (Å²) in [6.45, 7) is 6.15. The number of benzene rings is 1. The van der Waals surface area contributed by atoms with Crippen LogP contribution in [0.15, 0.2) is 24.3 Å². The van der Waals surface area contributed by atoms with Gasteiger partial charge >= 0.3 is 5.97 Å². The molecule has 1 rings (SSSR count). The van der Waals surface area contributed by atoms with Crippen molar-refractivity contribution in [2.45, 2.75) is 40.0 Å². The third-order valence-corrected chi connectivity index (χ3v) is 3.29. The summed E-state index contributed by atoms with van der Waals surface area (Å²) in [7, 11) is 0. The maximum absolute atomic E-state index is 12.3. The van der Waals surface area contributed by atoms with Crippen molar-refractivity contribution in [2.75, 3.05) is 5.32 Å². The molecule has 0 spiro atoms. The lowest BCUT2D eigenvalue weighted by molar-refractivity contribution is -0.136. The van der Waals surface area contributed by atoms with Gasteiger partial charge in [-0.15, -0.1) is 0 Å². The van der Waals surface area contributed by atoms with Crippen LogP contribution in [-0.4, -0.2) is 17.0 Å². The molecule has 0 aromatic heterocycles. The number of hydrogen-bond donors (Lipinski definition) is 2. The summed E-state index contributed by atoms with van der Waals surface area (Å²) < 4.78 is 0. The molecule has 110 valence electrons. The highest BCUT2D eigenvalue weighted by Crippen LogP contribution is 2.20. The van der Waals surface area contributed by atoms with Crippen LogP contribution in [0.4, 0.5) is 5.69 Å². The van der Waals surface area contributed by atoms with E-state index in [1.807, 2.05) is 13.8 Å². The lowest BCUT2D eigenvalue weighted by atomic mass is 9.90. The SMILES string of the molecule is CCCC(C(=O)Nc1cccc(CC(=O)O)c1)C(C)C. The van der Waals surface area contributed by atoms with Crippen LogP contribution >= 0.6 is 0 Å². The lowest BCUT2D eigenvalue weighted by Gasteiger charge is -2.19. The summed E-state index contributed by atoms with van der Waals surface area (Å²) in [5, 5.41) is 11.7. The van der Waals surface area contributed by atoms with Crippen molar-refractivity contribution in [2.24, 2.45) is 11.8 Å². The Labute approximate surface area is 120 Å². The third-order valence-electron chi connectivity index (χ3n) is 3.29. The van der Waals surface area contributed by atoms with Crippen molar-refractivity contribution >= 4 is 17.6 Å². The van der Waals surface area contributed by atoms with E-state index < -0.39 is 5.97 Å². The molecule has 0 saturated heterocycles. The first-order valence-electron chi connectivity index (χ1n) is 7.05. The van der Waals surface area contributed by atoms with Crippen molar-refractivity contribution in [3.05, 3.63) is 29.8 Å². The number of carboxylic acid groups (broad SMARTS) is 1. The van der Waals surface area contributed by atoms with Gasteiger partial charge in [0.1, 0.15) is 0 Å².